The first-order valence-corrected chi connectivity index (χ1v) is 11.5. The number of alkyl halides is 3. The number of anilines is 4. The molecule has 0 aliphatic heterocycles. The van der Waals surface area contributed by atoms with Crippen LogP contribution in [0.5, 0.6) is 0 Å². The van der Waals surface area contributed by atoms with Crippen LogP contribution in [0, 0.1) is 0 Å². The van der Waals surface area contributed by atoms with Gasteiger partial charge in [-0.25, -0.2) is 18.4 Å². The number of nitrogens with one attached hydrogen (secondary N) is 2. The van der Waals surface area contributed by atoms with Gasteiger partial charge in [0.05, 0.1) is 6.26 Å². The molecule has 33 heavy (non-hydrogen) atoms. The van der Waals surface area contributed by atoms with E-state index in [-0.39, 0.29) is 18.3 Å². The van der Waals surface area contributed by atoms with E-state index in [9.17, 15) is 21.6 Å². The van der Waals surface area contributed by atoms with Crippen LogP contribution in [0.25, 0.3) is 0 Å². The zero-order valence-corrected chi connectivity index (χ0v) is 18.6. The highest BCUT2D eigenvalue weighted by Crippen LogP contribution is 2.34. The summed E-state index contributed by atoms with van der Waals surface area (Å²) in [5.41, 5.74) is 6.33. The quantitative estimate of drug-likeness (QED) is 0.448. The van der Waals surface area contributed by atoms with E-state index < -0.39 is 27.6 Å². The van der Waals surface area contributed by atoms with E-state index >= 15 is 0 Å². The maximum atomic E-state index is 13.5. The zero-order valence-electron chi connectivity index (χ0n) is 17.8. The lowest BCUT2D eigenvalue weighted by Gasteiger charge is -2.20. The predicted octanol–water partition coefficient (Wildman–Crippen LogP) is 3.10. The number of nitrogens with two attached hydrogens (primary N) is 1. The van der Waals surface area contributed by atoms with Crippen molar-refractivity contribution in [3.63, 3.8) is 0 Å². The molecule has 4 N–H and O–H groups in total. The van der Waals surface area contributed by atoms with Gasteiger partial charge in [-0.1, -0.05) is 18.2 Å². The molecule has 2 heterocycles. The zero-order chi connectivity index (χ0) is 24.2. The number of sulfonamides is 1. The van der Waals surface area contributed by atoms with Crippen LogP contribution in [0.1, 0.15) is 16.7 Å². The lowest BCUT2D eigenvalue weighted by molar-refractivity contribution is -0.137. The number of hydrogen-bond acceptors (Lipinski definition) is 8. The van der Waals surface area contributed by atoms with Gasteiger partial charge in [0.1, 0.15) is 17.2 Å². The Morgan fingerprint density at radius 3 is 2.42 bits per heavy atom. The predicted molar refractivity (Wildman–Crippen MR) is 119 cm³/mol. The summed E-state index contributed by atoms with van der Waals surface area (Å²) < 4.78 is 65.3. The molecule has 0 aliphatic carbocycles. The second-order valence-corrected chi connectivity index (χ2v) is 9.06. The summed E-state index contributed by atoms with van der Waals surface area (Å²) in [7, 11) is -2.31. The minimum Gasteiger partial charge on any atom is -0.365 e. The Balaban J connectivity index is 1.89. The fourth-order valence-electron chi connectivity index (χ4n) is 2.83. The summed E-state index contributed by atoms with van der Waals surface area (Å²) in [5.74, 6) is -0.422. The molecule has 0 bridgehead atoms. The van der Waals surface area contributed by atoms with E-state index in [4.69, 9.17) is 5.73 Å². The number of aromatic nitrogens is 3. The third kappa shape index (κ3) is 6.08. The monoisotopic (exact) mass is 481 g/mol. The molecular weight excluding hydrogens is 459 g/mol. The van der Waals surface area contributed by atoms with Gasteiger partial charge < -0.3 is 16.4 Å². The van der Waals surface area contributed by atoms with E-state index in [2.05, 4.69) is 25.6 Å². The molecule has 176 valence electrons. The van der Waals surface area contributed by atoms with Crippen LogP contribution in [0.3, 0.4) is 0 Å². The number of rotatable bonds is 8. The smallest absolute Gasteiger partial charge is 0.365 e. The van der Waals surface area contributed by atoms with E-state index in [0.717, 1.165) is 16.1 Å². The van der Waals surface area contributed by atoms with Crippen molar-refractivity contribution in [3.05, 3.63) is 65.5 Å². The molecule has 0 aliphatic rings. The maximum absolute atomic E-state index is 13.5. The van der Waals surface area contributed by atoms with Crippen LogP contribution < -0.4 is 20.7 Å². The Bertz CT molecular complexity index is 1220. The lowest BCUT2D eigenvalue weighted by Crippen LogP contribution is -2.27. The molecule has 0 saturated heterocycles. The molecule has 0 radical (unpaired) electrons. The van der Waals surface area contributed by atoms with Gasteiger partial charge in [-0.15, -0.1) is 0 Å². The third-order valence-corrected chi connectivity index (χ3v) is 5.82. The van der Waals surface area contributed by atoms with Crippen LogP contribution in [-0.2, 0) is 29.3 Å². The highest BCUT2D eigenvalue weighted by Gasteiger charge is 2.35. The number of nitrogens with zero attached hydrogens (tertiary/aromatic N) is 4. The van der Waals surface area contributed by atoms with E-state index in [1.807, 2.05) is 0 Å². The molecule has 3 aromatic rings. The summed E-state index contributed by atoms with van der Waals surface area (Å²) >= 11 is 0. The van der Waals surface area contributed by atoms with Gasteiger partial charge in [-0.2, -0.15) is 18.2 Å². The van der Waals surface area contributed by atoms with Gasteiger partial charge in [0.2, 0.25) is 16.0 Å². The highest BCUT2D eigenvalue weighted by molar-refractivity contribution is 7.92. The molecule has 3 rings (SSSR count). The SMILES string of the molecule is CN(c1ncccc1CNc1nc(Nc2ccc(CN)cc2)ncc1C(F)(F)F)S(C)(=O)=O. The normalized spacial score (nSPS) is 11.8. The molecule has 9 nitrogen and oxygen atoms in total. The Kier molecular flexibility index (Phi) is 7.03. The fraction of sp³-hybridized carbons (Fsp3) is 0.250. The Labute approximate surface area is 188 Å². The van der Waals surface area contributed by atoms with Crippen molar-refractivity contribution in [2.45, 2.75) is 19.3 Å². The molecule has 1 aromatic carbocycles. The average molecular weight is 482 g/mol. The standard InChI is InChI=1S/C20H22F3N7O2S/c1-30(33(2,31)32)18-14(4-3-9-25-18)11-26-17-16(20(21,22)23)12-27-19(29-17)28-15-7-5-13(10-24)6-8-15/h3-9,12H,10-11,24H2,1-2H3,(H2,26,27,28,29). The minimum absolute atomic E-state index is 0.0503. The first-order chi connectivity index (χ1) is 15.5. The Morgan fingerprint density at radius 1 is 1.12 bits per heavy atom. The molecular formula is C20H22F3N7O2S. The first kappa shape index (κ1) is 24.2. The number of benzene rings is 1. The molecule has 2 aromatic heterocycles. The molecule has 0 atom stereocenters. The van der Waals surface area contributed by atoms with Crippen molar-refractivity contribution in [2.75, 3.05) is 28.2 Å². The number of halogens is 3. The molecule has 0 saturated carbocycles. The fourth-order valence-corrected chi connectivity index (χ4v) is 3.30. The van der Waals surface area contributed by atoms with Crippen LogP contribution >= 0.6 is 0 Å². The van der Waals surface area contributed by atoms with E-state index in [1.54, 1.807) is 36.4 Å². The van der Waals surface area contributed by atoms with Crippen LogP contribution in [0.4, 0.5) is 36.4 Å². The number of pyridine rings is 1. The Morgan fingerprint density at radius 2 is 1.82 bits per heavy atom. The largest absolute Gasteiger partial charge is 0.421 e. The Hall–Kier alpha value is -3.45. The van der Waals surface area contributed by atoms with E-state index in [1.165, 1.54) is 13.2 Å². The molecule has 0 fully saturated rings. The highest BCUT2D eigenvalue weighted by atomic mass is 32.2. The van der Waals surface area contributed by atoms with Crippen molar-refractivity contribution in [2.24, 2.45) is 5.73 Å². The van der Waals surface area contributed by atoms with Gasteiger partial charge in [-0.3, -0.25) is 4.31 Å². The first-order valence-electron chi connectivity index (χ1n) is 9.61. The van der Waals surface area contributed by atoms with Crippen molar-refractivity contribution < 1.29 is 21.6 Å². The second kappa shape index (κ2) is 9.58. The van der Waals surface area contributed by atoms with Crippen LogP contribution in [-0.4, -0.2) is 36.7 Å². The van der Waals surface area contributed by atoms with Gasteiger partial charge in [0, 0.05) is 43.8 Å². The number of hydrogen-bond donors (Lipinski definition) is 3. The molecule has 13 heteroatoms. The third-order valence-electron chi connectivity index (χ3n) is 4.65. The van der Waals surface area contributed by atoms with Crippen molar-refractivity contribution >= 4 is 33.3 Å². The van der Waals surface area contributed by atoms with Crippen LogP contribution in [0.15, 0.2) is 48.8 Å². The molecule has 0 unspecified atom stereocenters. The topological polar surface area (TPSA) is 126 Å². The summed E-state index contributed by atoms with van der Waals surface area (Å²) in [6, 6.07) is 10.1. The van der Waals surface area contributed by atoms with Gasteiger partial charge in [0.25, 0.3) is 0 Å². The van der Waals surface area contributed by atoms with Crippen molar-refractivity contribution in [1.29, 1.82) is 0 Å². The lowest BCUT2D eigenvalue weighted by atomic mass is 10.2. The summed E-state index contributed by atoms with van der Waals surface area (Å²) in [6.07, 6.45) is -1.63. The van der Waals surface area contributed by atoms with E-state index in [0.29, 0.717) is 24.0 Å². The van der Waals surface area contributed by atoms with Crippen molar-refractivity contribution in [1.82, 2.24) is 15.0 Å². The second-order valence-electron chi connectivity index (χ2n) is 7.05. The van der Waals surface area contributed by atoms with Gasteiger partial charge in [-0.05, 0) is 23.8 Å². The van der Waals surface area contributed by atoms with Gasteiger partial charge >= 0.3 is 6.18 Å². The average Bonchev–Trinajstić information content (AvgIpc) is 2.76. The molecule has 0 spiro atoms. The van der Waals surface area contributed by atoms with Crippen molar-refractivity contribution in [3.8, 4) is 0 Å². The summed E-state index contributed by atoms with van der Waals surface area (Å²) in [4.78, 5) is 11.8. The molecule has 0 amide bonds. The maximum Gasteiger partial charge on any atom is 0.421 e. The van der Waals surface area contributed by atoms with Crippen LogP contribution in [0.2, 0.25) is 0 Å². The summed E-state index contributed by atoms with van der Waals surface area (Å²) in [5, 5.41) is 5.49. The van der Waals surface area contributed by atoms with Gasteiger partial charge in [0.15, 0.2) is 0 Å². The summed E-state index contributed by atoms with van der Waals surface area (Å²) in [6.45, 7) is 0.198. The minimum atomic E-state index is -4.70.